The number of aryl methyl sites for hydroxylation is 2. The molecule has 15 rings (SSSR count). The van der Waals surface area contributed by atoms with Crippen LogP contribution in [0.5, 0.6) is 0 Å². The average Bonchev–Trinajstić information content (AvgIpc) is 4.00. The molecule has 5 unspecified atom stereocenters. The van der Waals surface area contributed by atoms with E-state index in [4.69, 9.17) is 0 Å². The van der Waals surface area contributed by atoms with Crippen LogP contribution in [0.3, 0.4) is 0 Å². The Bertz CT molecular complexity index is 3910. The van der Waals surface area contributed by atoms with Crippen molar-refractivity contribution in [1.29, 1.82) is 0 Å². The molecule has 0 spiro atoms. The zero-order valence-corrected chi connectivity index (χ0v) is 49.0. The molecular weight excluding hydrogens is 934 g/mol. The van der Waals surface area contributed by atoms with Crippen LogP contribution >= 0.6 is 11.3 Å². The molecule has 0 saturated heterocycles. The number of anilines is 2. The molecule has 1 saturated carbocycles. The van der Waals surface area contributed by atoms with Crippen molar-refractivity contribution in [2.75, 3.05) is 4.90 Å². The Kier molecular flexibility index (Phi) is 9.46. The first-order valence-corrected chi connectivity index (χ1v) is 30.3. The lowest BCUT2D eigenvalue weighted by Crippen LogP contribution is -2.63. The molecule has 384 valence electrons. The van der Waals surface area contributed by atoms with Crippen molar-refractivity contribution in [3.05, 3.63) is 193 Å². The van der Waals surface area contributed by atoms with Gasteiger partial charge in [0.15, 0.2) is 0 Å². The van der Waals surface area contributed by atoms with Gasteiger partial charge in [0, 0.05) is 54.2 Å². The number of hydrogen-bond acceptors (Lipinski definition) is 2. The van der Waals surface area contributed by atoms with Crippen LogP contribution < -0.4 is 21.3 Å². The van der Waals surface area contributed by atoms with Crippen molar-refractivity contribution in [2.45, 2.75) is 198 Å². The molecule has 7 aliphatic rings. The molecular formula is C73H78BNS. The minimum Gasteiger partial charge on any atom is -0.334 e. The monoisotopic (exact) mass is 1010 g/mol. The minimum atomic E-state index is -0.169. The highest BCUT2D eigenvalue weighted by Crippen LogP contribution is 2.64. The van der Waals surface area contributed by atoms with Gasteiger partial charge in [0.05, 0.1) is 5.54 Å². The van der Waals surface area contributed by atoms with Gasteiger partial charge < -0.3 is 4.90 Å². The van der Waals surface area contributed by atoms with Gasteiger partial charge in [-0.3, -0.25) is 0 Å². The van der Waals surface area contributed by atoms with Crippen LogP contribution in [0, 0.1) is 13.8 Å². The van der Waals surface area contributed by atoms with Gasteiger partial charge in [0.1, 0.15) is 0 Å². The van der Waals surface area contributed by atoms with Crippen LogP contribution in [0.2, 0.25) is 0 Å². The highest BCUT2D eigenvalue weighted by molar-refractivity contribution is 7.26. The first kappa shape index (κ1) is 47.8. The zero-order valence-electron chi connectivity index (χ0n) is 48.1. The van der Waals surface area contributed by atoms with E-state index in [2.05, 4.69) is 211 Å². The number of thiophene rings is 1. The molecule has 0 N–H and O–H groups in total. The van der Waals surface area contributed by atoms with Gasteiger partial charge in [-0.25, -0.2) is 0 Å². The summed E-state index contributed by atoms with van der Waals surface area (Å²) in [5.74, 6) is 0.165. The molecule has 1 nitrogen and oxygen atoms in total. The van der Waals surface area contributed by atoms with E-state index >= 15 is 0 Å². The second kappa shape index (κ2) is 15.0. The van der Waals surface area contributed by atoms with Crippen LogP contribution in [-0.2, 0) is 32.5 Å². The first-order chi connectivity index (χ1) is 35.9. The van der Waals surface area contributed by atoms with Crippen LogP contribution in [0.4, 0.5) is 11.4 Å². The van der Waals surface area contributed by atoms with E-state index in [1.807, 2.05) is 11.3 Å². The molecule has 1 aromatic heterocycles. The van der Waals surface area contributed by atoms with Gasteiger partial charge >= 0.3 is 0 Å². The summed E-state index contributed by atoms with van der Waals surface area (Å²) in [6.07, 6.45) is 9.67. The second-order valence-corrected chi connectivity index (χ2v) is 30.4. The number of benzene rings is 7. The van der Waals surface area contributed by atoms with Crippen LogP contribution in [0.25, 0.3) is 20.2 Å². The maximum Gasteiger partial charge on any atom is 0.242 e. The van der Waals surface area contributed by atoms with Crippen molar-refractivity contribution in [1.82, 2.24) is 0 Å². The number of fused-ring (bicyclic) bond motifs is 17. The summed E-state index contributed by atoms with van der Waals surface area (Å²) >= 11 is 2.01. The van der Waals surface area contributed by atoms with Gasteiger partial charge in [-0.15, -0.1) is 11.3 Å². The topological polar surface area (TPSA) is 3.24 Å². The molecule has 7 aromatic carbocycles. The Morgan fingerprint density at radius 1 is 0.513 bits per heavy atom. The smallest absolute Gasteiger partial charge is 0.242 e. The van der Waals surface area contributed by atoms with Crippen molar-refractivity contribution in [3.8, 4) is 0 Å². The third-order valence-corrected chi connectivity index (χ3v) is 23.8. The molecule has 1 fully saturated rings. The minimum absolute atomic E-state index is 0.0228. The standard InChI is InChI=1S/C73H78BNS/c1-41-32-50-63(46-22-19-21-45-44-20-15-16-23-62(44)76-66(45)46)49-37-54-55(69(8,9)29-28-68(54,6)7)39-60(49)74-59-25-24-43-35-48(59)64(51(33-41)65(50)74)47-36-56-53(34-42(47)2)70(10,11)30-31-71(56,12)57-40-61-58(38-52(57)67(3,4)5)72(13)26-17-18-27-73(72,14)75(43)61/h15-16,19-25,32-40,63-64H,17-18,26-31H2,1-14H3. The van der Waals surface area contributed by atoms with Gasteiger partial charge in [0.25, 0.3) is 0 Å². The maximum absolute atomic E-state index is 2.93. The molecule has 4 aliphatic heterocycles. The number of hydrogen-bond donors (Lipinski definition) is 0. The lowest BCUT2D eigenvalue weighted by atomic mass is 9.28. The van der Waals surface area contributed by atoms with E-state index in [1.165, 1.54) is 132 Å². The Balaban J connectivity index is 1.09. The van der Waals surface area contributed by atoms with Crippen LogP contribution in [0.15, 0.2) is 109 Å². The Labute approximate surface area is 459 Å². The molecule has 5 atom stereocenters. The fraction of sp³-hybridized carbons (Fsp3) is 0.425. The molecule has 3 aliphatic carbocycles. The van der Waals surface area contributed by atoms with E-state index < -0.39 is 0 Å². The molecule has 0 amide bonds. The number of nitrogens with zero attached hydrogens (tertiary/aromatic N) is 1. The summed E-state index contributed by atoms with van der Waals surface area (Å²) < 4.78 is 2.82. The lowest BCUT2D eigenvalue weighted by Gasteiger charge is -2.51. The van der Waals surface area contributed by atoms with Gasteiger partial charge in [-0.1, -0.05) is 196 Å². The number of rotatable bonds is 1. The molecule has 76 heavy (non-hydrogen) atoms. The molecule has 6 bridgehead atoms. The maximum atomic E-state index is 2.93. The largest absolute Gasteiger partial charge is 0.334 e. The summed E-state index contributed by atoms with van der Waals surface area (Å²) in [6, 6.07) is 46.3. The third-order valence-electron chi connectivity index (χ3n) is 22.6. The Morgan fingerprint density at radius 2 is 1.14 bits per heavy atom. The van der Waals surface area contributed by atoms with E-state index in [9.17, 15) is 0 Å². The Hall–Kier alpha value is -5.38. The Morgan fingerprint density at radius 3 is 1.88 bits per heavy atom. The predicted octanol–water partition coefficient (Wildman–Crippen LogP) is 17.3. The third kappa shape index (κ3) is 6.00. The highest BCUT2D eigenvalue weighted by atomic mass is 32.1. The van der Waals surface area contributed by atoms with Crippen molar-refractivity contribution in [2.24, 2.45) is 0 Å². The summed E-state index contributed by atoms with van der Waals surface area (Å²) in [7, 11) is 0. The van der Waals surface area contributed by atoms with Crippen molar-refractivity contribution in [3.63, 3.8) is 0 Å². The predicted molar refractivity (Wildman–Crippen MR) is 327 cm³/mol. The SMILES string of the molecule is Cc1cc2c3c(c1)C(c1cccc4c1sc1ccccc14)c1cc4c(cc1B3c1ccc3cc1C2c1cc2c(cc1C)C(C)(C)CCC2(C)c1cc2c(cc1C(C)(C)C)C1(C)CCCCC1(C)N32)C(C)(C)CCC4(C)C. The normalized spacial score (nSPS) is 26.6. The van der Waals surface area contributed by atoms with Crippen molar-refractivity contribution < 1.29 is 0 Å². The summed E-state index contributed by atoms with van der Waals surface area (Å²) in [6.45, 7) is 35.6. The average molecular weight is 1010 g/mol. The van der Waals surface area contributed by atoms with E-state index in [1.54, 1.807) is 44.4 Å². The van der Waals surface area contributed by atoms with Crippen LogP contribution in [0.1, 0.15) is 230 Å². The van der Waals surface area contributed by atoms with Gasteiger partial charge in [0.2, 0.25) is 6.71 Å². The molecule has 3 heteroatoms. The van der Waals surface area contributed by atoms with E-state index in [-0.39, 0.29) is 56.6 Å². The quantitative estimate of drug-likeness (QED) is 0.148. The van der Waals surface area contributed by atoms with E-state index in [0.717, 1.165) is 6.42 Å². The van der Waals surface area contributed by atoms with Crippen LogP contribution in [-0.4, -0.2) is 12.3 Å². The zero-order chi connectivity index (χ0) is 52.8. The molecule has 5 heterocycles. The van der Waals surface area contributed by atoms with E-state index in [0.29, 0.717) is 0 Å². The molecule has 8 aromatic rings. The highest BCUT2D eigenvalue weighted by Gasteiger charge is 2.59. The first-order valence-electron chi connectivity index (χ1n) is 29.5. The summed E-state index contributed by atoms with van der Waals surface area (Å²) in [5, 5.41) is 2.77. The van der Waals surface area contributed by atoms with Crippen molar-refractivity contribution >= 4 is 66.0 Å². The fourth-order valence-electron chi connectivity index (χ4n) is 17.9. The second-order valence-electron chi connectivity index (χ2n) is 29.4. The summed E-state index contributed by atoms with van der Waals surface area (Å²) in [5.41, 5.74) is 30.2. The summed E-state index contributed by atoms with van der Waals surface area (Å²) in [4.78, 5) is 2.93. The van der Waals surface area contributed by atoms with Gasteiger partial charge in [-0.05, 0) is 183 Å². The lowest BCUT2D eigenvalue weighted by molar-refractivity contribution is 0.194. The molecule has 0 radical (unpaired) electrons. The van der Waals surface area contributed by atoms with Gasteiger partial charge in [-0.2, -0.15) is 0 Å². The fourth-order valence-corrected chi connectivity index (χ4v) is 19.2.